The monoisotopic (exact) mass is 409 g/mol. The van der Waals surface area contributed by atoms with E-state index in [1.54, 1.807) is 26.0 Å². The maximum absolute atomic E-state index is 12.9. The SMILES string of the molecule is Cc1nc2nc(C(F)(F)F)nn2c(C)c1CCC(=O)NCCc1ccc(F)cc1. The molecular formula is C19H19F4N5O. The third kappa shape index (κ3) is 4.87. The molecule has 1 amide bonds. The van der Waals surface area contributed by atoms with Crippen molar-refractivity contribution in [2.45, 2.75) is 39.3 Å². The van der Waals surface area contributed by atoms with Gasteiger partial charge in [0.25, 0.3) is 11.6 Å². The second-order valence-corrected chi connectivity index (χ2v) is 6.63. The van der Waals surface area contributed by atoms with Crippen molar-refractivity contribution in [2.75, 3.05) is 6.54 Å². The average molecular weight is 409 g/mol. The van der Waals surface area contributed by atoms with E-state index >= 15 is 0 Å². The van der Waals surface area contributed by atoms with E-state index in [2.05, 4.69) is 20.4 Å². The van der Waals surface area contributed by atoms with Gasteiger partial charge in [0.15, 0.2) is 0 Å². The Balaban J connectivity index is 1.62. The molecule has 0 radical (unpaired) electrons. The number of alkyl halides is 3. The van der Waals surface area contributed by atoms with Crippen LogP contribution in [0.15, 0.2) is 24.3 Å². The molecule has 1 N–H and O–H groups in total. The first kappa shape index (κ1) is 20.7. The minimum absolute atomic E-state index is 0.125. The normalized spacial score (nSPS) is 11.8. The van der Waals surface area contributed by atoms with Crippen molar-refractivity contribution in [2.24, 2.45) is 0 Å². The number of benzene rings is 1. The molecule has 0 spiro atoms. The minimum atomic E-state index is -4.65. The number of carbonyl (C=O) groups excluding carboxylic acids is 1. The van der Waals surface area contributed by atoms with Crippen LogP contribution in [0.25, 0.3) is 5.78 Å². The predicted molar refractivity (Wildman–Crippen MR) is 96.7 cm³/mol. The molecule has 0 saturated heterocycles. The van der Waals surface area contributed by atoms with Crippen molar-refractivity contribution >= 4 is 11.7 Å². The number of aromatic nitrogens is 4. The molecule has 29 heavy (non-hydrogen) atoms. The number of halogens is 4. The van der Waals surface area contributed by atoms with Crippen LogP contribution in [0.5, 0.6) is 0 Å². The Bertz CT molecular complexity index is 1030. The van der Waals surface area contributed by atoms with Crippen molar-refractivity contribution in [1.29, 1.82) is 0 Å². The van der Waals surface area contributed by atoms with Crippen LogP contribution < -0.4 is 5.32 Å². The van der Waals surface area contributed by atoms with Crippen LogP contribution in [-0.2, 0) is 23.8 Å². The zero-order valence-corrected chi connectivity index (χ0v) is 15.8. The lowest BCUT2D eigenvalue weighted by atomic mass is 10.1. The van der Waals surface area contributed by atoms with Gasteiger partial charge in [-0.2, -0.15) is 18.2 Å². The number of aryl methyl sites for hydroxylation is 2. The lowest BCUT2D eigenvalue weighted by molar-refractivity contribution is -0.144. The van der Waals surface area contributed by atoms with Crippen molar-refractivity contribution in [1.82, 2.24) is 24.9 Å². The highest BCUT2D eigenvalue weighted by Gasteiger charge is 2.36. The fraction of sp³-hybridized carbons (Fsp3) is 0.368. The first-order valence-electron chi connectivity index (χ1n) is 8.96. The Kier molecular flexibility index (Phi) is 5.81. The highest BCUT2D eigenvalue weighted by atomic mass is 19.4. The van der Waals surface area contributed by atoms with Gasteiger partial charge in [-0.15, -0.1) is 5.10 Å². The van der Waals surface area contributed by atoms with Gasteiger partial charge in [-0.3, -0.25) is 4.79 Å². The summed E-state index contributed by atoms with van der Waals surface area (Å²) in [5.41, 5.74) is 2.54. The quantitative estimate of drug-likeness (QED) is 0.635. The van der Waals surface area contributed by atoms with E-state index in [1.807, 2.05) is 0 Å². The van der Waals surface area contributed by atoms with Gasteiger partial charge < -0.3 is 5.32 Å². The van der Waals surface area contributed by atoms with Gasteiger partial charge in [0, 0.05) is 24.4 Å². The molecular weight excluding hydrogens is 390 g/mol. The lowest BCUT2D eigenvalue weighted by Crippen LogP contribution is -2.26. The smallest absolute Gasteiger partial charge is 0.356 e. The molecule has 1 aromatic carbocycles. The van der Waals surface area contributed by atoms with E-state index in [0.29, 0.717) is 36.3 Å². The minimum Gasteiger partial charge on any atom is -0.356 e. The van der Waals surface area contributed by atoms with E-state index in [9.17, 15) is 22.4 Å². The molecule has 10 heteroatoms. The van der Waals surface area contributed by atoms with E-state index < -0.39 is 12.0 Å². The first-order chi connectivity index (χ1) is 13.6. The number of carbonyl (C=O) groups is 1. The molecule has 0 aliphatic rings. The van der Waals surface area contributed by atoms with E-state index in [4.69, 9.17) is 0 Å². The summed E-state index contributed by atoms with van der Waals surface area (Å²) in [6.45, 7) is 3.69. The molecule has 0 bridgehead atoms. The van der Waals surface area contributed by atoms with Crippen LogP contribution in [0.2, 0.25) is 0 Å². The molecule has 3 aromatic rings. The third-order valence-corrected chi connectivity index (χ3v) is 4.55. The number of amides is 1. The molecule has 0 atom stereocenters. The molecule has 0 fully saturated rings. The van der Waals surface area contributed by atoms with Crippen molar-refractivity contribution in [3.63, 3.8) is 0 Å². The van der Waals surface area contributed by atoms with E-state index in [1.165, 1.54) is 12.1 Å². The summed E-state index contributed by atoms with van der Waals surface area (Å²) in [5, 5.41) is 6.27. The standard InChI is InChI=1S/C19H19F4N5O/c1-11-15(12(2)28-18(25-11)26-17(27-28)19(21,22)23)7-8-16(29)24-10-9-13-3-5-14(20)6-4-13/h3-6H,7-10H2,1-2H3,(H,24,29). The number of hydrogen-bond acceptors (Lipinski definition) is 4. The van der Waals surface area contributed by atoms with Crippen LogP contribution >= 0.6 is 0 Å². The van der Waals surface area contributed by atoms with Gasteiger partial charge in [0.2, 0.25) is 5.91 Å². The zero-order chi connectivity index (χ0) is 21.2. The van der Waals surface area contributed by atoms with Crippen molar-refractivity contribution in [3.8, 4) is 0 Å². The van der Waals surface area contributed by atoms with Gasteiger partial charge in [0.1, 0.15) is 5.82 Å². The van der Waals surface area contributed by atoms with Gasteiger partial charge in [0.05, 0.1) is 0 Å². The molecule has 0 unspecified atom stereocenters. The van der Waals surface area contributed by atoms with Crippen molar-refractivity contribution < 1.29 is 22.4 Å². The molecule has 2 aromatic heterocycles. The van der Waals surface area contributed by atoms with Crippen LogP contribution in [0.4, 0.5) is 17.6 Å². The average Bonchev–Trinajstić information content (AvgIpc) is 3.08. The summed E-state index contributed by atoms with van der Waals surface area (Å²) in [6, 6.07) is 6.03. The highest BCUT2D eigenvalue weighted by molar-refractivity contribution is 5.76. The van der Waals surface area contributed by atoms with E-state index in [0.717, 1.165) is 10.1 Å². The highest BCUT2D eigenvalue weighted by Crippen LogP contribution is 2.27. The zero-order valence-electron chi connectivity index (χ0n) is 15.8. The maximum Gasteiger partial charge on any atom is 0.453 e. The summed E-state index contributed by atoms with van der Waals surface area (Å²) in [4.78, 5) is 19.6. The van der Waals surface area contributed by atoms with Crippen LogP contribution in [-0.4, -0.2) is 32.0 Å². The summed E-state index contributed by atoms with van der Waals surface area (Å²) >= 11 is 0. The van der Waals surface area contributed by atoms with Crippen LogP contribution in [0, 0.1) is 19.7 Å². The molecule has 3 rings (SSSR count). The van der Waals surface area contributed by atoms with Gasteiger partial charge in [-0.05, 0) is 49.9 Å². The van der Waals surface area contributed by atoms with Gasteiger partial charge in [-0.25, -0.2) is 13.9 Å². The predicted octanol–water partition coefficient (Wildman–Crippen LogP) is 3.19. The Morgan fingerprint density at radius 1 is 1.10 bits per heavy atom. The number of fused-ring (bicyclic) bond motifs is 1. The fourth-order valence-corrected chi connectivity index (χ4v) is 3.01. The summed E-state index contributed by atoms with van der Waals surface area (Å²) in [7, 11) is 0. The summed E-state index contributed by atoms with van der Waals surface area (Å²) < 4.78 is 52.4. The van der Waals surface area contributed by atoms with Crippen LogP contribution in [0.3, 0.4) is 0 Å². The second-order valence-electron chi connectivity index (χ2n) is 6.63. The lowest BCUT2D eigenvalue weighted by Gasteiger charge is -2.10. The molecule has 154 valence electrons. The number of rotatable bonds is 6. The second kappa shape index (κ2) is 8.14. The first-order valence-corrected chi connectivity index (χ1v) is 8.96. The molecule has 0 saturated carbocycles. The fourth-order valence-electron chi connectivity index (χ4n) is 3.01. The maximum atomic E-state index is 12.9. The summed E-state index contributed by atoms with van der Waals surface area (Å²) in [6.07, 6.45) is -3.63. The topological polar surface area (TPSA) is 72.2 Å². The molecule has 0 aliphatic carbocycles. The Labute approximate surface area is 164 Å². The van der Waals surface area contributed by atoms with Crippen molar-refractivity contribution in [3.05, 3.63) is 58.4 Å². The third-order valence-electron chi connectivity index (χ3n) is 4.55. The number of nitrogens with zero attached hydrogens (tertiary/aromatic N) is 4. The molecule has 2 heterocycles. The largest absolute Gasteiger partial charge is 0.453 e. The Hall–Kier alpha value is -3.04. The van der Waals surface area contributed by atoms with E-state index in [-0.39, 0.29) is 23.9 Å². The number of nitrogens with one attached hydrogen (secondary N) is 1. The van der Waals surface area contributed by atoms with Gasteiger partial charge >= 0.3 is 6.18 Å². The Morgan fingerprint density at radius 2 is 1.79 bits per heavy atom. The van der Waals surface area contributed by atoms with Crippen LogP contribution in [0.1, 0.15) is 34.8 Å². The Morgan fingerprint density at radius 3 is 2.45 bits per heavy atom. The summed E-state index contributed by atoms with van der Waals surface area (Å²) in [5.74, 6) is -1.88. The number of hydrogen-bond donors (Lipinski definition) is 1. The molecule has 0 aliphatic heterocycles. The molecule has 6 nitrogen and oxygen atoms in total. The van der Waals surface area contributed by atoms with Gasteiger partial charge in [-0.1, -0.05) is 12.1 Å².